The fourth-order valence-corrected chi connectivity index (χ4v) is 2.51. The van der Waals surface area contributed by atoms with Crippen LogP contribution in [0.2, 0.25) is 10.0 Å². The van der Waals surface area contributed by atoms with Crippen LogP contribution in [0.15, 0.2) is 42.7 Å². The Morgan fingerprint density at radius 1 is 1.22 bits per heavy atom. The van der Waals surface area contributed by atoms with Crippen LogP contribution in [0.4, 0.5) is 0 Å². The van der Waals surface area contributed by atoms with Gasteiger partial charge in [-0.2, -0.15) is 0 Å². The van der Waals surface area contributed by atoms with E-state index in [1.807, 2.05) is 0 Å². The van der Waals surface area contributed by atoms with Crippen molar-refractivity contribution in [3.8, 4) is 5.75 Å². The summed E-state index contributed by atoms with van der Waals surface area (Å²) < 4.78 is 10.4. The fraction of sp³-hybridized carbons (Fsp3) is 0.316. The Morgan fingerprint density at radius 2 is 2.04 bits per heavy atom. The molecule has 0 bridgehead atoms. The zero-order valence-electron chi connectivity index (χ0n) is 14.8. The van der Waals surface area contributed by atoms with Crippen LogP contribution < -0.4 is 10.1 Å². The monoisotopic (exact) mass is 410 g/mol. The van der Waals surface area contributed by atoms with Crippen LogP contribution in [0.5, 0.6) is 5.75 Å². The van der Waals surface area contributed by atoms with Crippen molar-refractivity contribution in [2.75, 3.05) is 13.2 Å². The molecule has 1 atom stereocenters. The number of pyridine rings is 1. The molecule has 0 aliphatic carbocycles. The van der Waals surface area contributed by atoms with E-state index < -0.39 is 11.9 Å². The number of esters is 1. The molecule has 0 saturated carbocycles. The lowest BCUT2D eigenvalue weighted by Gasteiger charge is -2.15. The summed E-state index contributed by atoms with van der Waals surface area (Å²) in [5.41, 5.74) is 0.802. The van der Waals surface area contributed by atoms with Gasteiger partial charge in [0, 0.05) is 12.6 Å². The van der Waals surface area contributed by atoms with Gasteiger partial charge >= 0.3 is 5.97 Å². The second-order valence-corrected chi connectivity index (χ2v) is 6.58. The SMILES string of the molecule is C[C@@H](NC(=O)COC(=O)CCCOc1cccnc1)c1ccc(Cl)c(Cl)c1. The molecule has 0 radical (unpaired) electrons. The van der Waals surface area contributed by atoms with Crippen LogP contribution in [0, 0.1) is 0 Å². The van der Waals surface area contributed by atoms with E-state index in [-0.39, 0.29) is 19.1 Å². The molecule has 6 nitrogen and oxygen atoms in total. The fourth-order valence-electron chi connectivity index (χ4n) is 2.21. The molecule has 0 spiro atoms. The first-order valence-corrected chi connectivity index (χ1v) is 9.14. The Kier molecular flexibility index (Phi) is 8.36. The molecule has 0 aliphatic rings. The van der Waals surface area contributed by atoms with Gasteiger partial charge in [0.05, 0.1) is 28.9 Å². The van der Waals surface area contributed by atoms with Gasteiger partial charge in [-0.15, -0.1) is 0 Å². The summed E-state index contributed by atoms with van der Waals surface area (Å²) >= 11 is 11.8. The van der Waals surface area contributed by atoms with E-state index in [2.05, 4.69) is 10.3 Å². The molecule has 1 heterocycles. The van der Waals surface area contributed by atoms with Crippen molar-refractivity contribution >= 4 is 35.1 Å². The molecular weight excluding hydrogens is 391 g/mol. The molecule has 0 aliphatic heterocycles. The number of aromatic nitrogens is 1. The predicted molar refractivity (Wildman–Crippen MR) is 103 cm³/mol. The van der Waals surface area contributed by atoms with E-state index >= 15 is 0 Å². The molecule has 1 amide bonds. The molecule has 1 aromatic carbocycles. The molecule has 8 heteroatoms. The highest BCUT2D eigenvalue weighted by Gasteiger charge is 2.13. The van der Waals surface area contributed by atoms with E-state index in [0.29, 0.717) is 28.8 Å². The number of nitrogens with one attached hydrogen (secondary N) is 1. The normalized spacial score (nSPS) is 11.5. The number of carbonyl (C=O) groups is 2. The molecule has 27 heavy (non-hydrogen) atoms. The maximum Gasteiger partial charge on any atom is 0.306 e. The van der Waals surface area contributed by atoms with Gasteiger partial charge in [-0.05, 0) is 43.2 Å². The van der Waals surface area contributed by atoms with Gasteiger partial charge in [0.25, 0.3) is 5.91 Å². The number of rotatable bonds is 9. The Balaban J connectivity index is 1.64. The molecule has 0 saturated heterocycles. The number of hydrogen-bond donors (Lipinski definition) is 1. The van der Waals surface area contributed by atoms with Crippen LogP contribution >= 0.6 is 23.2 Å². The van der Waals surface area contributed by atoms with Crippen molar-refractivity contribution in [2.24, 2.45) is 0 Å². The van der Waals surface area contributed by atoms with E-state index in [0.717, 1.165) is 5.56 Å². The zero-order chi connectivity index (χ0) is 19.6. The molecule has 1 aromatic heterocycles. The summed E-state index contributed by atoms with van der Waals surface area (Å²) in [5, 5.41) is 3.59. The summed E-state index contributed by atoms with van der Waals surface area (Å²) in [5.74, 6) is -0.211. The Bertz CT molecular complexity index is 772. The first kappa shape index (κ1) is 21.0. The average molecular weight is 411 g/mol. The first-order valence-electron chi connectivity index (χ1n) is 8.38. The van der Waals surface area contributed by atoms with E-state index in [1.54, 1.807) is 49.6 Å². The number of amides is 1. The predicted octanol–water partition coefficient (Wildman–Crippen LogP) is 3.97. The first-order chi connectivity index (χ1) is 13.0. The highest BCUT2D eigenvalue weighted by Crippen LogP contribution is 2.25. The van der Waals surface area contributed by atoms with Crippen molar-refractivity contribution in [1.29, 1.82) is 0 Å². The lowest BCUT2D eigenvalue weighted by molar-refractivity contribution is -0.148. The van der Waals surface area contributed by atoms with Crippen molar-refractivity contribution in [3.63, 3.8) is 0 Å². The van der Waals surface area contributed by atoms with Crippen molar-refractivity contribution < 1.29 is 19.1 Å². The van der Waals surface area contributed by atoms with Gasteiger partial charge in [0.2, 0.25) is 0 Å². The van der Waals surface area contributed by atoms with Gasteiger partial charge in [-0.3, -0.25) is 14.6 Å². The number of carbonyl (C=O) groups excluding carboxylic acids is 2. The van der Waals surface area contributed by atoms with Crippen molar-refractivity contribution in [3.05, 3.63) is 58.3 Å². The molecule has 1 N–H and O–H groups in total. The summed E-state index contributed by atoms with van der Waals surface area (Å²) in [4.78, 5) is 27.5. The standard InChI is InChI=1S/C19H20Cl2N2O4/c1-13(14-6-7-16(20)17(21)10-14)23-18(24)12-27-19(25)5-3-9-26-15-4-2-8-22-11-15/h2,4,6-8,10-11,13H,3,5,9,12H2,1H3,(H,23,24)/t13-/m1/s1. The van der Waals surface area contributed by atoms with Crippen LogP contribution in [0.3, 0.4) is 0 Å². The molecule has 2 rings (SSSR count). The summed E-state index contributed by atoms with van der Waals surface area (Å²) in [6.45, 7) is 1.82. The van der Waals surface area contributed by atoms with Crippen LogP contribution in [-0.4, -0.2) is 30.1 Å². The topological polar surface area (TPSA) is 77.5 Å². The molecular formula is C19H20Cl2N2O4. The minimum Gasteiger partial charge on any atom is -0.492 e. The van der Waals surface area contributed by atoms with Gasteiger partial charge in [-0.25, -0.2) is 0 Å². The quantitative estimate of drug-likeness (QED) is 0.499. The third kappa shape index (κ3) is 7.45. The Morgan fingerprint density at radius 3 is 2.74 bits per heavy atom. The van der Waals surface area contributed by atoms with Gasteiger partial charge < -0.3 is 14.8 Å². The van der Waals surface area contributed by atoms with Crippen LogP contribution in [0.1, 0.15) is 31.4 Å². The van der Waals surface area contributed by atoms with Crippen LogP contribution in [-0.2, 0) is 14.3 Å². The molecule has 0 fully saturated rings. The number of ether oxygens (including phenoxy) is 2. The van der Waals surface area contributed by atoms with Gasteiger partial charge in [0.1, 0.15) is 5.75 Å². The van der Waals surface area contributed by atoms with Crippen molar-refractivity contribution in [2.45, 2.75) is 25.8 Å². The number of hydrogen-bond acceptors (Lipinski definition) is 5. The highest BCUT2D eigenvalue weighted by molar-refractivity contribution is 6.42. The molecule has 0 unspecified atom stereocenters. The van der Waals surface area contributed by atoms with E-state index in [1.165, 1.54) is 0 Å². The lowest BCUT2D eigenvalue weighted by Crippen LogP contribution is -2.31. The maximum atomic E-state index is 11.9. The minimum atomic E-state index is -0.456. The number of benzene rings is 1. The summed E-state index contributed by atoms with van der Waals surface area (Å²) in [6, 6.07) is 8.37. The van der Waals surface area contributed by atoms with Crippen molar-refractivity contribution in [1.82, 2.24) is 10.3 Å². The average Bonchev–Trinajstić information content (AvgIpc) is 2.66. The van der Waals surface area contributed by atoms with Gasteiger partial charge in [-0.1, -0.05) is 29.3 Å². The largest absolute Gasteiger partial charge is 0.492 e. The van der Waals surface area contributed by atoms with E-state index in [9.17, 15) is 9.59 Å². The Hall–Kier alpha value is -2.31. The van der Waals surface area contributed by atoms with Crippen LogP contribution in [0.25, 0.3) is 0 Å². The number of halogens is 2. The second-order valence-electron chi connectivity index (χ2n) is 5.76. The smallest absolute Gasteiger partial charge is 0.306 e. The Labute approximate surface area is 167 Å². The lowest BCUT2D eigenvalue weighted by atomic mass is 10.1. The summed E-state index contributed by atoms with van der Waals surface area (Å²) in [7, 11) is 0. The van der Waals surface area contributed by atoms with Gasteiger partial charge in [0.15, 0.2) is 6.61 Å². The highest BCUT2D eigenvalue weighted by atomic mass is 35.5. The van der Waals surface area contributed by atoms with E-state index in [4.69, 9.17) is 32.7 Å². The third-order valence-corrected chi connectivity index (χ3v) is 4.35. The molecule has 2 aromatic rings. The maximum absolute atomic E-state index is 11.9. The zero-order valence-corrected chi connectivity index (χ0v) is 16.3. The molecule has 144 valence electrons. The third-order valence-electron chi connectivity index (χ3n) is 3.61. The summed E-state index contributed by atoms with van der Waals surface area (Å²) in [6.07, 6.45) is 3.89. The minimum absolute atomic E-state index is 0.163. The number of nitrogens with zero attached hydrogens (tertiary/aromatic N) is 1. The second kappa shape index (κ2) is 10.7.